The van der Waals surface area contributed by atoms with E-state index in [1.54, 1.807) is 0 Å². The van der Waals surface area contributed by atoms with Gasteiger partial charge in [0, 0.05) is 60.7 Å². The number of aromatic nitrogens is 3. The summed E-state index contributed by atoms with van der Waals surface area (Å²) in [5.74, 6) is 0. The van der Waals surface area contributed by atoms with Gasteiger partial charge in [-0.15, -0.1) is 0 Å². The molecule has 13 rings (SSSR count). The third-order valence-corrected chi connectivity index (χ3v) is 15.6. The lowest BCUT2D eigenvalue weighted by Gasteiger charge is -2.28. The summed E-state index contributed by atoms with van der Waals surface area (Å²) >= 11 is 0. The molecule has 0 aliphatic carbocycles. The molecule has 4 nitrogen and oxygen atoms in total. The molecule has 0 aliphatic heterocycles. The number of pyridine rings is 1. The summed E-state index contributed by atoms with van der Waals surface area (Å²) in [6, 6.07) is 81.6. The second-order valence-corrected chi connectivity index (χ2v) is 20.5. The third-order valence-electron chi connectivity index (χ3n) is 15.6. The van der Waals surface area contributed by atoms with Crippen LogP contribution in [0.5, 0.6) is 0 Å². The highest BCUT2D eigenvalue weighted by Gasteiger charge is 2.32. The molecule has 0 aliphatic rings. The monoisotopic (exact) mass is 974 g/mol. The van der Waals surface area contributed by atoms with E-state index in [1.807, 2.05) is 6.07 Å². The lowest BCUT2D eigenvalue weighted by molar-refractivity contribution is 1.18. The first kappa shape index (κ1) is 46.2. The molecular weight excluding hydrogens is 921 g/mol. The zero-order valence-electron chi connectivity index (χ0n) is 43.6. The van der Waals surface area contributed by atoms with Crippen molar-refractivity contribution in [2.24, 2.45) is 0 Å². The Balaban J connectivity index is 1.17. The van der Waals surface area contributed by atoms with Crippen LogP contribution in [-0.2, 0) is 0 Å². The average molecular weight is 975 g/mol. The van der Waals surface area contributed by atoms with Gasteiger partial charge < -0.3 is 9.13 Å². The van der Waals surface area contributed by atoms with Crippen molar-refractivity contribution < 1.29 is 0 Å². The first-order chi connectivity index (χ1) is 37.2. The minimum atomic E-state index is 0.609. The summed E-state index contributed by atoms with van der Waals surface area (Å²) in [6.45, 7) is 13.1. The minimum Gasteiger partial charge on any atom is -0.309 e. The topological polar surface area (TPSA) is 46.5 Å². The molecule has 0 spiro atoms. The zero-order chi connectivity index (χ0) is 51.8. The van der Waals surface area contributed by atoms with E-state index in [4.69, 9.17) is 4.98 Å². The summed E-state index contributed by atoms with van der Waals surface area (Å²) in [5.41, 5.74) is 25.7. The maximum absolute atomic E-state index is 12.2. The van der Waals surface area contributed by atoms with Gasteiger partial charge >= 0.3 is 0 Å². The normalized spacial score (nSPS) is 11.5. The fourth-order valence-corrected chi connectivity index (χ4v) is 12.2. The standard InChI is InChI=1S/C72H54N4/c1-44-29-39-64-57(41-44)55-23-10-12-27-62(55)75(64)53-35-31-51(32-36-53)68-59(43-73)70(66-46(3)17-14-18-47(66)4)71(61-26-16-25-60(74-61)50-21-8-7-9-22-50)69(72(68)67-48(5)19-15-20-49(67)6)52-33-37-54(38-34-52)76-63-28-13-11-24-56(63)58-42-45(2)30-40-65(58)76/h7-42H,1-6H3. The van der Waals surface area contributed by atoms with Crippen LogP contribution < -0.4 is 0 Å². The van der Waals surface area contributed by atoms with Gasteiger partial charge in [-0.3, -0.25) is 0 Å². The van der Waals surface area contributed by atoms with Gasteiger partial charge in [0.05, 0.1) is 39.0 Å². The van der Waals surface area contributed by atoms with Crippen LogP contribution >= 0.6 is 0 Å². The van der Waals surface area contributed by atoms with Gasteiger partial charge in [-0.1, -0.05) is 157 Å². The van der Waals surface area contributed by atoms with Gasteiger partial charge in [0.2, 0.25) is 0 Å². The summed E-state index contributed by atoms with van der Waals surface area (Å²) in [4.78, 5) is 5.61. The quantitative estimate of drug-likeness (QED) is 0.152. The molecule has 0 saturated carbocycles. The van der Waals surface area contributed by atoms with Crippen molar-refractivity contribution in [3.8, 4) is 84.5 Å². The Labute approximate surface area is 444 Å². The van der Waals surface area contributed by atoms with E-state index >= 15 is 0 Å². The van der Waals surface area contributed by atoms with Crippen molar-refractivity contribution in [2.45, 2.75) is 41.5 Å². The van der Waals surface area contributed by atoms with Gasteiger partial charge in [0.25, 0.3) is 0 Å². The fourth-order valence-electron chi connectivity index (χ4n) is 12.2. The third kappa shape index (κ3) is 7.46. The number of nitrogens with zero attached hydrogens (tertiary/aromatic N) is 4. The van der Waals surface area contributed by atoms with Gasteiger partial charge in [-0.05, 0) is 164 Å². The summed E-state index contributed by atoms with van der Waals surface area (Å²) in [7, 11) is 0. The molecule has 0 bridgehead atoms. The Bertz CT molecular complexity index is 4460. The lowest BCUT2D eigenvalue weighted by atomic mass is 9.74. The number of fused-ring (bicyclic) bond motifs is 6. The van der Waals surface area contributed by atoms with Gasteiger partial charge in [0.1, 0.15) is 6.07 Å². The molecule has 362 valence electrons. The molecule has 0 N–H and O–H groups in total. The predicted molar refractivity (Wildman–Crippen MR) is 319 cm³/mol. The smallest absolute Gasteiger partial charge is 0.100 e. The van der Waals surface area contributed by atoms with Gasteiger partial charge in [-0.25, -0.2) is 4.98 Å². The van der Waals surface area contributed by atoms with Crippen LogP contribution in [0.4, 0.5) is 0 Å². The molecule has 0 fully saturated rings. The fraction of sp³-hybridized carbons (Fsp3) is 0.0833. The van der Waals surface area contributed by atoms with Gasteiger partial charge in [0.15, 0.2) is 0 Å². The van der Waals surface area contributed by atoms with Crippen molar-refractivity contribution in [2.75, 3.05) is 0 Å². The number of hydrogen-bond donors (Lipinski definition) is 0. The summed E-state index contributed by atoms with van der Waals surface area (Å²) < 4.78 is 4.76. The highest BCUT2D eigenvalue weighted by Crippen LogP contribution is 2.55. The molecule has 4 heteroatoms. The zero-order valence-corrected chi connectivity index (χ0v) is 43.6. The molecule has 13 aromatic rings. The summed E-state index contributed by atoms with van der Waals surface area (Å²) in [6.07, 6.45) is 0. The lowest BCUT2D eigenvalue weighted by Crippen LogP contribution is -2.06. The number of benzene rings is 10. The molecule has 0 unspecified atom stereocenters. The summed E-state index contributed by atoms with van der Waals surface area (Å²) in [5, 5.41) is 17.1. The van der Waals surface area contributed by atoms with Gasteiger partial charge in [-0.2, -0.15) is 5.26 Å². The van der Waals surface area contributed by atoms with E-state index in [1.165, 1.54) is 32.7 Å². The largest absolute Gasteiger partial charge is 0.309 e. The Morgan fingerprint density at radius 3 is 1.26 bits per heavy atom. The molecule has 0 atom stereocenters. The van der Waals surface area contributed by atoms with E-state index < -0.39 is 0 Å². The second-order valence-electron chi connectivity index (χ2n) is 20.5. The molecule has 0 saturated heterocycles. The van der Waals surface area contributed by atoms with Crippen LogP contribution in [0.2, 0.25) is 0 Å². The van der Waals surface area contributed by atoms with E-state index in [-0.39, 0.29) is 0 Å². The van der Waals surface area contributed by atoms with Crippen molar-refractivity contribution in [1.29, 1.82) is 5.26 Å². The van der Waals surface area contributed by atoms with Crippen molar-refractivity contribution in [3.05, 3.63) is 257 Å². The molecule has 3 aromatic heterocycles. The average Bonchev–Trinajstić information content (AvgIpc) is 4.07. The number of para-hydroxylation sites is 2. The van der Waals surface area contributed by atoms with Crippen LogP contribution in [0.3, 0.4) is 0 Å². The van der Waals surface area contributed by atoms with E-state index in [9.17, 15) is 5.26 Å². The minimum absolute atomic E-state index is 0.609. The molecular formula is C72H54N4. The molecule has 76 heavy (non-hydrogen) atoms. The van der Waals surface area contributed by atoms with Crippen molar-refractivity contribution in [1.82, 2.24) is 14.1 Å². The molecule has 0 amide bonds. The molecule has 3 heterocycles. The Kier molecular flexibility index (Phi) is 11.2. The second kappa shape index (κ2) is 18.4. The van der Waals surface area contributed by atoms with Crippen LogP contribution in [0.25, 0.3) is 122 Å². The van der Waals surface area contributed by atoms with Crippen LogP contribution in [0, 0.1) is 52.9 Å². The Morgan fingerprint density at radius 1 is 0.316 bits per heavy atom. The van der Waals surface area contributed by atoms with Crippen LogP contribution in [-0.4, -0.2) is 14.1 Å². The van der Waals surface area contributed by atoms with E-state index in [0.717, 1.165) is 123 Å². The highest BCUT2D eigenvalue weighted by atomic mass is 15.0. The predicted octanol–water partition coefficient (Wildman–Crippen LogP) is 19.0. The molecule has 10 aromatic carbocycles. The number of hydrogen-bond acceptors (Lipinski definition) is 2. The highest BCUT2D eigenvalue weighted by molar-refractivity contribution is 6.13. The van der Waals surface area contributed by atoms with Crippen molar-refractivity contribution in [3.63, 3.8) is 0 Å². The Morgan fingerprint density at radius 2 is 0.750 bits per heavy atom. The molecule has 0 radical (unpaired) electrons. The van der Waals surface area contributed by atoms with Crippen LogP contribution in [0.15, 0.2) is 218 Å². The van der Waals surface area contributed by atoms with E-state index in [0.29, 0.717) is 5.56 Å². The van der Waals surface area contributed by atoms with E-state index in [2.05, 4.69) is 269 Å². The Hall–Kier alpha value is -9.56. The van der Waals surface area contributed by atoms with Crippen LogP contribution in [0.1, 0.15) is 38.9 Å². The first-order valence-electron chi connectivity index (χ1n) is 26.2. The maximum atomic E-state index is 12.2. The number of nitriles is 1. The van der Waals surface area contributed by atoms with Crippen molar-refractivity contribution >= 4 is 43.6 Å². The number of rotatable bonds is 8. The SMILES string of the molecule is Cc1ccc2c(c1)c1ccccc1n2-c1ccc(-c2c(C#N)c(-c3c(C)cccc3C)c(-c3cccc(-c4ccccc4)n3)c(-c3ccc(-n4c5ccccc5c5cc(C)ccc54)cc3)c2-c2c(C)cccc2C)cc1. The first-order valence-corrected chi connectivity index (χ1v) is 26.2. The number of aryl methyl sites for hydroxylation is 6. The maximum Gasteiger partial charge on any atom is 0.100 e.